The first-order valence-electron chi connectivity index (χ1n) is 2.18. The van der Waals surface area contributed by atoms with Crippen LogP contribution >= 0.6 is 0 Å². The summed E-state index contributed by atoms with van der Waals surface area (Å²) in [5.41, 5.74) is 0. The molecule has 0 atom stereocenters. The van der Waals surface area contributed by atoms with E-state index in [0.29, 0.717) is 0 Å². The van der Waals surface area contributed by atoms with Crippen molar-refractivity contribution in [3.8, 4) is 0 Å². The van der Waals surface area contributed by atoms with Gasteiger partial charge in [0, 0.05) is 0 Å². The Bertz CT molecular complexity index is 278. The van der Waals surface area contributed by atoms with Gasteiger partial charge in [0.25, 0.3) is 0 Å². The second-order valence-corrected chi connectivity index (χ2v) is 1.27. The molecule has 0 saturated heterocycles. The van der Waals surface area contributed by atoms with Gasteiger partial charge in [-0.05, 0) is 4.92 Å². The lowest BCUT2D eigenvalue weighted by Gasteiger charge is -1.87. The molecule has 1 aromatic rings. The normalized spacial score (nSPS) is 9.09. The molecule has 0 aliphatic heterocycles. The zero-order chi connectivity index (χ0) is 8.27. The van der Waals surface area contributed by atoms with Gasteiger partial charge < -0.3 is 10.1 Å². The Labute approximate surface area is 57.8 Å². The Morgan fingerprint density at radius 1 is 1.73 bits per heavy atom. The summed E-state index contributed by atoms with van der Waals surface area (Å²) in [4.78, 5) is 22.4. The molecule has 0 N–H and O–H groups in total. The molecule has 0 radical (unpaired) electrons. The van der Waals surface area contributed by atoms with Crippen molar-refractivity contribution in [1.29, 1.82) is 0 Å². The number of hydrogen-bond donors (Lipinski definition) is 0. The SMILES string of the molecule is O=NOn1nnnc1[N+](=O)[O-]. The fourth-order valence-corrected chi connectivity index (χ4v) is 0.365. The highest BCUT2D eigenvalue weighted by atomic mass is 16.9. The van der Waals surface area contributed by atoms with Crippen LogP contribution in [0.3, 0.4) is 0 Å². The molecular weight excluding hydrogens is 160 g/mol. The van der Waals surface area contributed by atoms with Gasteiger partial charge in [0.05, 0.1) is 15.5 Å². The van der Waals surface area contributed by atoms with Gasteiger partial charge in [0.15, 0.2) is 5.34 Å². The molecule has 1 aromatic heterocycles. The number of nitro groups is 1. The average Bonchev–Trinajstić information content (AvgIpc) is 2.36. The molecule has 0 saturated carbocycles. The second kappa shape index (κ2) is 2.64. The van der Waals surface area contributed by atoms with Crippen LogP contribution in [-0.2, 0) is 0 Å². The minimum Gasteiger partial charge on any atom is -0.390 e. The van der Waals surface area contributed by atoms with E-state index in [1.54, 1.807) is 0 Å². The Kier molecular flexibility index (Phi) is 1.67. The molecule has 0 aliphatic rings. The predicted octanol–water partition coefficient (Wildman–Crippen LogP) is -1.31. The highest BCUT2D eigenvalue weighted by Gasteiger charge is 2.20. The van der Waals surface area contributed by atoms with Crippen LogP contribution in [0.25, 0.3) is 0 Å². The smallest absolute Gasteiger partial charge is 0.390 e. The monoisotopic (exact) mass is 160 g/mol. The highest BCUT2D eigenvalue weighted by molar-refractivity contribution is 4.94. The standard InChI is InChI=1S/CN6O4/c8-5-11-6-1(7(9)10)2-3-4-6. The van der Waals surface area contributed by atoms with Crippen molar-refractivity contribution >= 4 is 5.95 Å². The zero-order valence-electron chi connectivity index (χ0n) is 4.82. The van der Waals surface area contributed by atoms with E-state index in [4.69, 9.17) is 0 Å². The van der Waals surface area contributed by atoms with Crippen LogP contribution in [0, 0.1) is 15.0 Å². The Morgan fingerprint density at radius 3 is 3.00 bits per heavy atom. The lowest BCUT2D eigenvalue weighted by Crippen LogP contribution is -2.10. The van der Waals surface area contributed by atoms with Crippen molar-refractivity contribution in [3.63, 3.8) is 0 Å². The first-order valence-corrected chi connectivity index (χ1v) is 2.18. The van der Waals surface area contributed by atoms with Crippen LogP contribution in [0.15, 0.2) is 5.34 Å². The van der Waals surface area contributed by atoms with Crippen LogP contribution in [0.5, 0.6) is 0 Å². The molecule has 0 aliphatic carbocycles. The first kappa shape index (κ1) is 6.98. The molecule has 11 heavy (non-hydrogen) atoms. The van der Waals surface area contributed by atoms with E-state index in [9.17, 15) is 15.0 Å². The summed E-state index contributed by atoms with van der Waals surface area (Å²) in [7, 11) is 0. The second-order valence-electron chi connectivity index (χ2n) is 1.27. The van der Waals surface area contributed by atoms with E-state index in [1.807, 2.05) is 5.34 Å². The topological polar surface area (TPSA) is 125 Å². The summed E-state index contributed by atoms with van der Waals surface area (Å²) >= 11 is 0. The molecule has 1 rings (SSSR count). The maximum absolute atomic E-state index is 9.98. The van der Waals surface area contributed by atoms with Gasteiger partial charge in [0.1, 0.15) is 4.85 Å². The maximum atomic E-state index is 9.98. The van der Waals surface area contributed by atoms with E-state index >= 15 is 0 Å². The van der Waals surface area contributed by atoms with Gasteiger partial charge in [-0.3, -0.25) is 0 Å². The summed E-state index contributed by atoms with van der Waals surface area (Å²) in [5.74, 6) is -0.815. The summed E-state index contributed by atoms with van der Waals surface area (Å²) in [5, 5.41) is 20.6. The minimum absolute atomic E-state index is 0.187. The van der Waals surface area contributed by atoms with Gasteiger partial charge in [-0.1, -0.05) is 0 Å². The maximum Gasteiger partial charge on any atom is 0.520 e. The van der Waals surface area contributed by atoms with Crippen molar-refractivity contribution in [2.45, 2.75) is 0 Å². The first-order chi connectivity index (χ1) is 5.25. The van der Waals surface area contributed by atoms with Crippen molar-refractivity contribution in [2.75, 3.05) is 0 Å². The van der Waals surface area contributed by atoms with Gasteiger partial charge in [-0.2, -0.15) is 0 Å². The summed E-state index contributed by atoms with van der Waals surface area (Å²) in [6.07, 6.45) is 0. The van der Waals surface area contributed by atoms with Crippen molar-refractivity contribution in [3.05, 3.63) is 15.0 Å². The molecule has 10 nitrogen and oxygen atoms in total. The molecule has 0 unspecified atom stereocenters. The van der Waals surface area contributed by atoms with Crippen LogP contribution in [0.2, 0.25) is 0 Å². The number of hydrogen-bond acceptors (Lipinski definition) is 8. The van der Waals surface area contributed by atoms with E-state index < -0.39 is 10.9 Å². The van der Waals surface area contributed by atoms with Gasteiger partial charge >= 0.3 is 5.95 Å². The zero-order valence-corrected chi connectivity index (χ0v) is 4.82. The molecule has 0 bridgehead atoms. The Hall–Kier alpha value is -2.13. The lowest BCUT2D eigenvalue weighted by molar-refractivity contribution is -0.402. The third-order valence-corrected chi connectivity index (χ3v) is 0.700. The van der Waals surface area contributed by atoms with Crippen LogP contribution < -0.4 is 4.94 Å². The van der Waals surface area contributed by atoms with Gasteiger partial charge in [0.2, 0.25) is 0 Å². The van der Waals surface area contributed by atoms with Crippen LogP contribution in [-0.4, -0.2) is 25.3 Å². The Balaban J connectivity index is 2.95. The number of rotatable bonds is 3. The molecule has 0 spiro atoms. The molecule has 0 aromatic carbocycles. The summed E-state index contributed by atoms with van der Waals surface area (Å²) in [6, 6.07) is 0. The quantitative estimate of drug-likeness (QED) is 0.305. The number of nitrogens with zero attached hydrogens (tertiary/aromatic N) is 6. The summed E-state index contributed by atoms with van der Waals surface area (Å²) in [6.45, 7) is 0. The molecule has 0 fully saturated rings. The summed E-state index contributed by atoms with van der Waals surface area (Å²) < 4.78 is 0. The minimum atomic E-state index is -0.925. The van der Waals surface area contributed by atoms with E-state index in [1.165, 1.54) is 0 Å². The number of tetrazole rings is 1. The van der Waals surface area contributed by atoms with E-state index in [2.05, 4.69) is 20.5 Å². The molecule has 0 amide bonds. The fraction of sp³-hybridized carbons (Fsp3) is 0. The Morgan fingerprint density at radius 2 is 2.45 bits per heavy atom. The predicted molar refractivity (Wildman–Crippen MR) is 26.8 cm³/mol. The third kappa shape index (κ3) is 1.23. The fourth-order valence-electron chi connectivity index (χ4n) is 0.365. The van der Waals surface area contributed by atoms with Gasteiger partial charge in [-0.25, -0.2) is 0 Å². The largest absolute Gasteiger partial charge is 0.520 e. The van der Waals surface area contributed by atoms with Crippen LogP contribution in [0.1, 0.15) is 0 Å². The molecular formula is CN6O4. The van der Waals surface area contributed by atoms with E-state index in [0.717, 1.165) is 0 Å². The highest BCUT2D eigenvalue weighted by Crippen LogP contribution is 1.99. The van der Waals surface area contributed by atoms with E-state index in [-0.39, 0.29) is 4.85 Å². The molecule has 10 heteroatoms. The average molecular weight is 160 g/mol. The third-order valence-electron chi connectivity index (χ3n) is 0.700. The van der Waals surface area contributed by atoms with Crippen molar-refractivity contribution in [2.24, 2.45) is 5.34 Å². The van der Waals surface area contributed by atoms with Gasteiger partial charge in [-0.15, -0.1) is 9.85 Å². The lowest BCUT2D eigenvalue weighted by atomic mass is 11.1. The number of aromatic nitrogens is 4. The van der Waals surface area contributed by atoms with Crippen LogP contribution in [0.4, 0.5) is 5.95 Å². The molecule has 1 heterocycles. The molecule has 58 valence electrons. The van der Waals surface area contributed by atoms with Crippen molar-refractivity contribution in [1.82, 2.24) is 20.4 Å². The van der Waals surface area contributed by atoms with Crippen molar-refractivity contribution < 1.29 is 9.86 Å².